The number of aromatic hydroxyl groups is 1. The van der Waals surface area contributed by atoms with E-state index in [9.17, 15) is 4.79 Å². The van der Waals surface area contributed by atoms with Crippen LogP contribution in [0.25, 0.3) is 0 Å². The van der Waals surface area contributed by atoms with Gasteiger partial charge in [-0.2, -0.15) is 0 Å². The molecule has 0 saturated carbocycles. The van der Waals surface area contributed by atoms with Crippen LogP contribution in [0.15, 0.2) is 24.3 Å². The first-order chi connectivity index (χ1) is 6.59. The summed E-state index contributed by atoms with van der Waals surface area (Å²) in [4.78, 5) is 10.3. The van der Waals surface area contributed by atoms with Crippen molar-refractivity contribution in [3.05, 3.63) is 24.3 Å². The Morgan fingerprint density at radius 1 is 1.57 bits per heavy atom. The summed E-state index contributed by atoms with van der Waals surface area (Å²) in [7, 11) is 0. The van der Waals surface area contributed by atoms with Crippen LogP contribution in [-0.2, 0) is 4.79 Å². The minimum Gasteiger partial charge on any atom is -0.508 e. The maximum Gasteiger partial charge on any atom is 0.324 e. The van der Waals surface area contributed by atoms with E-state index in [-0.39, 0.29) is 12.4 Å². The van der Waals surface area contributed by atoms with E-state index in [4.69, 9.17) is 20.7 Å². The molecule has 0 amide bonds. The average Bonchev–Trinajstić information content (AvgIpc) is 2.14. The second-order valence-corrected chi connectivity index (χ2v) is 2.75. The molecule has 1 rings (SSSR count). The number of nitrogens with two attached hydrogens (primary N) is 1. The summed E-state index contributed by atoms with van der Waals surface area (Å²) in [6.07, 6.45) is 0. The van der Waals surface area contributed by atoms with Gasteiger partial charge < -0.3 is 20.7 Å². The first kappa shape index (κ1) is 10.3. The number of phenols is 1. The van der Waals surface area contributed by atoms with Crippen molar-refractivity contribution in [1.82, 2.24) is 0 Å². The molecular formula is C9H11NO4. The van der Waals surface area contributed by atoms with E-state index in [1.807, 2.05) is 0 Å². The topological polar surface area (TPSA) is 92.8 Å². The van der Waals surface area contributed by atoms with E-state index in [0.717, 1.165) is 0 Å². The second-order valence-electron chi connectivity index (χ2n) is 2.75. The Bertz CT molecular complexity index is 326. The Morgan fingerprint density at radius 2 is 2.29 bits per heavy atom. The SMILES string of the molecule is NC(COc1cccc(O)c1)C(=O)O. The highest BCUT2D eigenvalue weighted by molar-refractivity contribution is 5.73. The maximum absolute atomic E-state index is 10.3. The molecule has 0 radical (unpaired) electrons. The molecule has 4 N–H and O–H groups in total. The molecule has 1 aromatic carbocycles. The summed E-state index contributed by atoms with van der Waals surface area (Å²) >= 11 is 0. The maximum atomic E-state index is 10.3. The normalized spacial score (nSPS) is 12.1. The second kappa shape index (κ2) is 4.48. The van der Waals surface area contributed by atoms with Gasteiger partial charge >= 0.3 is 5.97 Å². The fourth-order valence-electron chi connectivity index (χ4n) is 0.831. The average molecular weight is 197 g/mol. The molecule has 0 aliphatic heterocycles. The van der Waals surface area contributed by atoms with Gasteiger partial charge in [0.05, 0.1) is 0 Å². The number of hydrogen-bond donors (Lipinski definition) is 3. The third kappa shape index (κ3) is 2.95. The minimum absolute atomic E-state index is 0.0615. The molecule has 1 aromatic rings. The fraction of sp³-hybridized carbons (Fsp3) is 0.222. The minimum atomic E-state index is -1.12. The van der Waals surface area contributed by atoms with Crippen molar-refractivity contribution in [1.29, 1.82) is 0 Å². The van der Waals surface area contributed by atoms with Gasteiger partial charge in [0.2, 0.25) is 0 Å². The molecule has 14 heavy (non-hydrogen) atoms. The molecule has 1 unspecified atom stereocenters. The molecule has 0 heterocycles. The van der Waals surface area contributed by atoms with Crippen LogP contribution in [0, 0.1) is 0 Å². The number of carbonyl (C=O) groups is 1. The molecule has 0 fully saturated rings. The molecule has 0 bridgehead atoms. The highest BCUT2D eigenvalue weighted by Gasteiger charge is 2.11. The molecule has 5 nitrogen and oxygen atoms in total. The Morgan fingerprint density at radius 3 is 2.86 bits per heavy atom. The summed E-state index contributed by atoms with van der Waals surface area (Å²) in [5, 5.41) is 17.5. The Balaban J connectivity index is 2.49. The van der Waals surface area contributed by atoms with Crippen LogP contribution in [0.3, 0.4) is 0 Å². The summed E-state index contributed by atoms with van der Waals surface area (Å²) in [6.45, 7) is -0.126. The lowest BCUT2D eigenvalue weighted by molar-refractivity contribution is -0.139. The lowest BCUT2D eigenvalue weighted by atomic mass is 10.3. The zero-order valence-electron chi connectivity index (χ0n) is 7.38. The number of aliphatic carboxylic acids is 1. The molecule has 1 atom stereocenters. The highest BCUT2D eigenvalue weighted by Crippen LogP contribution is 2.17. The van der Waals surface area contributed by atoms with Crippen LogP contribution in [-0.4, -0.2) is 28.8 Å². The van der Waals surface area contributed by atoms with Gasteiger partial charge in [0.25, 0.3) is 0 Å². The monoisotopic (exact) mass is 197 g/mol. The van der Waals surface area contributed by atoms with Crippen molar-refractivity contribution in [3.63, 3.8) is 0 Å². The molecule has 0 saturated heterocycles. The van der Waals surface area contributed by atoms with Crippen molar-refractivity contribution < 1.29 is 19.7 Å². The van der Waals surface area contributed by atoms with Crippen molar-refractivity contribution in [2.75, 3.05) is 6.61 Å². The number of hydrogen-bond acceptors (Lipinski definition) is 4. The molecule has 0 aliphatic carbocycles. The zero-order valence-corrected chi connectivity index (χ0v) is 7.38. The molecule has 76 valence electrons. The number of carboxylic acids is 1. The summed E-state index contributed by atoms with van der Waals surface area (Å²) in [6, 6.07) is 5.02. The standard InChI is InChI=1S/C9H11NO4/c10-8(9(12)13)5-14-7-3-1-2-6(11)4-7/h1-4,8,11H,5,10H2,(H,12,13). The number of benzene rings is 1. The van der Waals surface area contributed by atoms with Gasteiger partial charge in [-0.1, -0.05) is 6.07 Å². The van der Waals surface area contributed by atoms with E-state index < -0.39 is 12.0 Å². The number of carboxylic acid groups (broad SMARTS) is 1. The van der Waals surface area contributed by atoms with Crippen LogP contribution in [0.2, 0.25) is 0 Å². The molecule has 0 aromatic heterocycles. The highest BCUT2D eigenvalue weighted by atomic mass is 16.5. The third-order valence-electron chi connectivity index (χ3n) is 1.56. The fourth-order valence-corrected chi connectivity index (χ4v) is 0.831. The first-order valence-corrected chi connectivity index (χ1v) is 4.00. The van der Waals surface area contributed by atoms with E-state index in [2.05, 4.69) is 0 Å². The smallest absolute Gasteiger partial charge is 0.324 e. The van der Waals surface area contributed by atoms with Gasteiger partial charge in [0.15, 0.2) is 0 Å². The van der Waals surface area contributed by atoms with Crippen LogP contribution < -0.4 is 10.5 Å². The van der Waals surface area contributed by atoms with Crippen molar-refractivity contribution in [2.45, 2.75) is 6.04 Å². The van der Waals surface area contributed by atoms with E-state index >= 15 is 0 Å². The van der Waals surface area contributed by atoms with Crippen molar-refractivity contribution in [2.24, 2.45) is 5.73 Å². The van der Waals surface area contributed by atoms with E-state index in [1.54, 1.807) is 12.1 Å². The first-order valence-electron chi connectivity index (χ1n) is 4.00. The van der Waals surface area contributed by atoms with Gasteiger partial charge in [0, 0.05) is 6.07 Å². The Hall–Kier alpha value is -1.75. The summed E-state index contributed by atoms with van der Waals surface area (Å²) in [5.41, 5.74) is 5.22. The molecule has 5 heteroatoms. The van der Waals surface area contributed by atoms with Gasteiger partial charge in [-0.3, -0.25) is 4.79 Å². The molecular weight excluding hydrogens is 186 g/mol. The van der Waals surface area contributed by atoms with Gasteiger partial charge in [-0.25, -0.2) is 0 Å². The van der Waals surface area contributed by atoms with Gasteiger partial charge in [-0.15, -0.1) is 0 Å². The van der Waals surface area contributed by atoms with Crippen molar-refractivity contribution in [3.8, 4) is 11.5 Å². The predicted octanol–water partition coefficient (Wildman–Crippen LogP) is 0.183. The van der Waals surface area contributed by atoms with Crippen LogP contribution >= 0.6 is 0 Å². The number of ether oxygens (including phenoxy) is 1. The predicted molar refractivity (Wildman–Crippen MR) is 49.2 cm³/mol. The quantitative estimate of drug-likeness (QED) is 0.640. The van der Waals surface area contributed by atoms with Crippen LogP contribution in [0.5, 0.6) is 11.5 Å². The number of phenolic OH excluding ortho intramolecular Hbond substituents is 1. The van der Waals surface area contributed by atoms with Crippen LogP contribution in [0.1, 0.15) is 0 Å². The lowest BCUT2D eigenvalue weighted by Crippen LogP contribution is -2.36. The summed E-state index contributed by atoms with van der Waals surface area (Å²) < 4.78 is 5.04. The molecule has 0 aliphatic rings. The zero-order chi connectivity index (χ0) is 10.6. The third-order valence-corrected chi connectivity index (χ3v) is 1.56. The van der Waals surface area contributed by atoms with Crippen molar-refractivity contribution >= 4 is 5.97 Å². The van der Waals surface area contributed by atoms with Gasteiger partial charge in [0.1, 0.15) is 24.1 Å². The van der Waals surface area contributed by atoms with Crippen LogP contribution in [0.4, 0.5) is 0 Å². The summed E-state index contributed by atoms with van der Waals surface area (Å²) in [5.74, 6) is -0.668. The molecule has 0 spiro atoms. The van der Waals surface area contributed by atoms with Gasteiger partial charge in [-0.05, 0) is 12.1 Å². The largest absolute Gasteiger partial charge is 0.508 e. The van der Waals surface area contributed by atoms with E-state index in [1.165, 1.54) is 12.1 Å². The number of rotatable bonds is 4. The lowest BCUT2D eigenvalue weighted by Gasteiger charge is -2.08. The Labute approximate surface area is 80.7 Å². The van der Waals surface area contributed by atoms with E-state index in [0.29, 0.717) is 5.75 Å². The Kier molecular flexibility index (Phi) is 3.30.